The van der Waals surface area contributed by atoms with Gasteiger partial charge in [0.05, 0.1) is 18.0 Å². The number of hydrogen-bond donors (Lipinski definition) is 2. The summed E-state index contributed by atoms with van der Waals surface area (Å²) in [5, 5.41) is 5.03. The number of amides is 2. The van der Waals surface area contributed by atoms with E-state index in [9.17, 15) is 18.0 Å². The second-order valence-corrected chi connectivity index (χ2v) is 9.87. The molecule has 34 heavy (non-hydrogen) atoms. The van der Waals surface area contributed by atoms with Crippen molar-refractivity contribution in [1.29, 1.82) is 0 Å². The lowest BCUT2D eigenvalue weighted by Gasteiger charge is -2.34. The third-order valence-electron chi connectivity index (χ3n) is 5.49. The highest BCUT2D eigenvalue weighted by molar-refractivity contribution is 7.89. The van der Waals surface area contributed by atoms with Crippen LogP contribution in [0.25, 0.3) is 0 Å². The minimum absolute atomic E-state index is 0.0365. The van der Waals surface area contributed by atoms with E-state index < -0.39 is 28.1 Å². The summed E-state index contributed by atoms with van der Waals surface area (Å²) in [7, 11) is -3.94. The van der Waals surface area contributed by atoms with E-state index in [1.54, 1.807) is 6.07 Å². The van der Waals surface area contributed by atoms with Gasteiger partial charge >= 0.3 is 11.8 Å². The van der Waals surface area contributed by atoms with Gasteiger partial charge in [-0.05, 0) is 31.0 Å². The fraction of sp³-hybridized carbons (Fsp3) is 0.391. The zero-order chi connectivity index (χ0) is 24.1. The van der Waals surface area contributed by atoms with E-state index in [2.05, 4.69) is 10.6 Å². The zero-order valence-corrected chi connectivity index (χ0v) is 19.6. The number of ether oxygens (including phenoxy) is 3. The van der Waals surface area contributed by atoms with Crippen LogP contribution in [0.1, 0.15) is 17.5 Å². The number of benzene rings is 2. The smallest absolute Gasteiger partial charge is 0.309 e. The predicted molar refractivity (Wildman–Crippen MR) is 122 cm³/mol. The molecule has 2 aromatic rings. The number of fused-ring (bicyclic) bond motifs is 1. The van der Waals surface area contributed by atoms with Gasteiger partial charge in [-0.25, -0.2) is 8.42 Å². The SMILES string of the molecule is Cc1ccc(CNC(=O)C(=O)NC[C@H]2OCCCN2S(=O)(=O)c2ccc3c(c2)OCCO3)cc1. The van der Waals surface area contributed by atoms with Crippen molar-refractivity contribution < 1.29 is 32.2 Å². The molecule has 0 bridgehead atoms. The highest BCUT2D eigenvalue weighted by Gasteiger charge is 2.35. The summed E-state index contributed by atoms with van der Waals surface area (Å²) in [5.41, 5.74) is 1.95. The summed E-state index contributed by atoms with van der Waals surface area (Å²) in [4.78, 5) is 24.5. The molecule has 0 aliphatic carbocycles. The highest BCUT2D eigenvalue weighted by atomic mass is 32.2. The number of carbonyl (C=O) groups is 2. The lowest BCUT2D eigenvalue weighted by molar-refractivity contribution is -0.140. The zero-order valence-electron chi connectivity index (χ0n) is 18.8. The minimum Gasteiger partial charge on any atom is -0.486 e. The molecule has 0 unspecified atom stereocenters. The third-order valence-corrected chi connectivity index (χ3v) is 7.38. The van der Waals surface area contributed by atoms with Crippen LogP contribution in [0.5, 0.6) is 11.5 Å². The van der Waals surface area contributed by atoms with Gasteiger partial charge in [-0.3, -0.25) is 9.59 Å². The van der Waals surface area contributed by atoms with Crippen LogP contribution in [0, 0.1) is 6.92 Å². The molecule has 2 heterocycles. The van der Waals surface area contributed by atoms with Gasteiger partial charge in [-0.1, -0.05) is 29.8 Å². The van der Waals surface area contributed by atoms with Crippen molar-refractivity contribution in [2.24, 2.45) is 0 Å². The molecule has 2 aromatic carbocycles. The molecule has 4 rings (SSSR count). The monoisotopic (exact) mass is 489 g/mol. The second-order valence-electron chi connectivity index (χ2n) is 7.98. The van der Waals surface area contributed by atoms with E-state index in [1.807, 2.05) is 31.2 Å². The summed E-state index contributed by atoms with van der Waals surface area (Å²) < 4.78 is 44.4. The van der Waals surface area contributed by atoms with E-state index in [0.29, 0.717) is 37.7 Å². The molecule has 2 aliphatic heterocycles. The minimum atomic E-state index is -3.94. The Morgan fingerprint density at radius 1 is 0.971 bits per heavy atom. The summed E-state index contributed by atoms with van der Waals surface area (Å²) >= 11 is 0. The van der Waals surface area contributed by atoms with Crippen LogP contribution in [-0.2, 0) is 30.9 Å². The molecule has 1 saturated heterocycles. The van der Waals surface area contributed by atoms with Crippen LogP contribution in [0.15, 0.2) is 47.4 Å². The molecule has 11 heteroatoms. The van der Waals surface area contributed by atoms with Crippen LogP contribution >= 0.6 is 0 Å². The van der Waals surface area contributed by atoms with Crippen LogP contribution in [0.4, 0.5) is 0 Å². The summed E-state index contributed by atoms with van der Waals surface area (Å²) in [6, 6.07) is 12.0. The molecule has 10 nitrogen and oxygen atoms in total. The van der Waals surface area contributed by atoms with Crippen molar-refractivity contribution in [3.63, 3.8) is 0 Å². The first-order valence-corrected chi connectivity index (χ1v) is 12.4. The van der Waals surface area contributed by atoms with Crippen LogP contribution in [0.3, 0.4) is 0 Å². The van der Waals surface area contributed by atoms with Crippen LogP contribution < -0.4 is 20.1 Å². The Morgan fingerprint density at radius 3 is 2.44 bits per heavy atom. The van der Waals surface area contributed by atoms with Gasteiger partial charge in [0.15, 0.2) is 11.5 Å². The van der Waals surface area contributed by atoms with Gasteiger partial charge in [0, 0.05) is 19.2 Å². The standard InChI is InChI=1S/C23H27N3O7S/c1-16-3-5-17(6-4-16)14-24-22(27)23(28)25-15-21-26(9-2-10-33-21)34(29,30)18-7-8-19-20(13-18)32-12-11-31-19/h3-8,13,21H,2,9-12,14-15H2,1H3,(H,24,27)(H,25,28)/t21-/m1/s1. The predicted octanol–water partition coefficient (Wildman–Crippen LogP) is 0.936. The molecule has 1 fully saturated rings. The van der Waals surface area contributed by atoms with Crippen molar-refractivity contribution in [2.75, 3.05) is 32.9 Å². The fourth-order valence-electron chi connectivity index (χ4n) is 3.65. The molecule has 1 atom stereocenters. The van der Waals surface area contributed by atoms with Gasteiger partial charge in [-0.15, -0.1) is 0 Å². The van der Waals surface area contributed by atoms with Crippen molar-refractivity contribution in [3.8, 4) is 11.5 Å². The number of hydrogen-bond acceptors (Lipinski definition) is 7. The topological polar surface area (TPSA) is 123 Å². The van der Waals surface area contributed by atoms with Crippen molar-refractivity contribution in [1.82, 2.24) is 14.9 Å². The number of rotatable bonds is 6. The van der Waals surface area contributed by atoms with E-state index in [0.717, 1.165) is 11.1 Å². The molecule has 182 valence electrons. The Morgan fingerprint density at radius 2 is 1.68 bits per heavy atom. The number of nitrogens with zero attached hydrogens (tertiary/aromatic N) is 1. The maximum Gasteiger partial charge on any atom is 0.309 e. The average molecular weight is 490 g/mol. The summed E-state index contributed by atoms with van der Waals surface area (Å²) in [6.07, 6.45) is -0.438. The second kappa shape index (κ2) is 10.4. The molecule has 2 amide bonds. The Hall–Kier alpha value is -3.15. The maximum absolute atomic E-state index is 13.3. The first-order chi connectivity index (χ1) is 16.3. The van der Waals surface area contributed by atoms with E-state index >= 15 is 0 Å². The number of sulfonamides is 1. The van der Waals surface area contributed by atoms with E-state index in [4.69, 9.17) is 14.2 Å². The average Bonchev–Trinajstić information content (AvgIpc) is 2.86. The fourth-order valence-corrected chi connectivity index (χ4v) is 5.23. The normalized spacial score (nSPS) is 18.2. The van der Waals surface area contributed by atoms with Crippen LogP contribution in [-0.4, -0.2) is 63.7 Å². The number of aryl methyl sites for hydroxylation is 1. The summed E-state index contributed by atoms with van der Waals surface area (Å²) in [6.45, 7) is 3.30. The number of nitrogens with one attached hydrogen (secondary N) is 2. The first-order valence-electron chi connectivity index (χ1n) is 11.0. The molecule has 0 aromatic heterocycles. The number of carbonyl (C=O) groups excluding carboxylic acids is 2. The quantitative estimate of drug-likeness (QED) is 0.579. The molecule has 0 saturated carbocycles. The third kappa shape index (κ3) is 5.49. The van der Waals surface area contributed by atoms with Crippen molar-refractivity contribution in [3.05, 3.63) is 53.6 Å². The Kier molecular flexibility index (Phi) is 7.35. The molecule has 2 N–H and O–H groups in total. The lowest BCUT2D eigenvalue weighted by atomic mass is 10.1. The Bertz CT molecular complexity index is 1150. The Balaban J connectivity index is 1.37. The van der Waals surface area contributed by atoms with Crippen molar-refractivity contribution in [2.45, 2.75) is 31.0 Å². The first kappa shape index (κ1) is 24.0. The molecule has 0 spiro atoms. The van der Waals surface area contributed by atoms with Gasteiger partial charge in [-0.2, -0.15) is 4.31 Å². The molecular weight excluding hydrogens is 462 g/mol. The lowest BCUT2D eigenvalue weighted by Crippen LogP contribution is -2.53. The molecule has 2 aliphatic rings. The van der Waals surface area contributed by atoms with Gasteiger partial charge in [0.2, 0.25) is 10.0 Å². The highest BCUT2D eigenvalue weighted by Crippen LogP contribution is 2.34. The molecular formula is C23H27N3O7S. The largest absolute Gasteiger partial charge is 0.486 e. The summed E-state index contributed by atoms with van der Waals surface area (Å²) in [5.74, 6) is -0.823. The van der Waals surface area contributed by atoms with Gasteiger partial charge in [0.25, 0.3) is 0 Å². The van der Waals surface area contributed by atoms with E-state index in [-0.39, 0.29) is 24.5 Å². The van der Waals surface area contributed by atoms with Crippen LogP contribution in [0.2, 0.25) is 0 Å². The van der Waals surface area contributed by atoms with Crippen molar-refractivity contribution >= 4 is 21.8 Å². The Labute approximate surface area is 198 Å². The maximum atomic E-state index is 13.3. The van der Waals surface area contributed by atoms with E-state index in [1.165, 1.54) is 16.4 Å². The molecule has 0 radical (unpaired) electrons. The van der Waals surface area contributed by atoms with Gasteiger partial charge < -0.3 is 24.8 Å². The van der Waals surface area contributed by atoms with Gasteiger partial charge in [0.1, 0.15) is 19.4 Å².